The van der Waals surface area contributed by atoms with Crippen LogP contribution in [0.3, 0.4) is 0 Å². The van der Waals surface area contributed by atoms with Crippen LogP contribution >= 0.6 is 0 Å². The van der Waals surface area contributed by atoms with Crippen LogP contribution in [0, 0.1) is 13.8 Å². The summed E-state index contributed by atoms with van der Waals surface area (Å²) >= 11 is 0. The van der Waals surface area contributed by atoms with Crippen LogP contribution in [0.15, 0.2) is 65.5 Å². The van der Waals surface area contributed by atoms with Gasteiger partial charge in [0.1, 0.15) is 5.75 Å². The van der Waals surface area contributed by atoms with Gasteiger partial charge in [-0.1, -0.05) is 48.5 Å². The number of aryl methyl sites for hydroxylation is 2. The Morgan fingerprint density at radius 1 is 1.00 bits per heavy atom. The predicted octanol–water partition coefficient (Wildman–Crippen LogP) is 2.72. The van der Waals surface area contributed by atoms with E-state index < -0.39 is 0 Å². The molecule has 3 aromatic rings. The molecular formula is C22H23N3O3. The minimum absolute atomic E-state index is 0.0714. The van der Waals surface area contributed by atoms with Gasteiger partial charge in [0.25, 0.3) is 11.5 Å². The van der Waals surface area contributed by atoms with E-state index in [0.717, 1.165) is 22.4 Å². The van der Waals surface area contributed by atoms with Crippen molar-refractivity contribution in [1.29, 1.82) is 0 Å². The quantitative estimate of drug-likeness (QED) is 0.687. The summed E-state index contributed by atoms with van der Waals surface area (Å²) in [6.07, 6.45) is 0. The van der Waals surface area contributed by atoms with Gasteiger partial charge < -0.3 is 10.1 Å². The highest BCUT2D eigenvalue weighted by molar-refractivity contribution is 5.77. The van der Waals surface area contributed by atoms with Gasteiger partial charge in [-0.2, -0.15) is 5.10 Å². The lowest BCUT2D eigenvalue weighted by molar-refractivity contribution is -0.123. The number of carbonyl (C=O) groups excluding carboxylic acids is 1. The van der Waals surface area contributed by atoms with E-state index in [4.69, 9.17) is 4.74 Å². The van der Waals surface area contributed by atoms with Crippen LogP contribution in [0.2, 0.25) is 0 Å². The van der Waals surface area contributed by atoms with Crippen LogP contribution in [-0.4, -0.2) is 28.8 Å². The molecule has 0 atom stereocenters. The van der Waals surface area contributed by atoms with Crippen molar-refractivity contribution in [2.24, 2.45) is 0 Å². The zero-order valence-corrected chi connectivity index (χ0v) is 16.0. The maximum absolute atomic E-state index is 12.1. The van der Waals surface area contributed by atoms with Crippen LogP contribution in [0.5, 0.6) is 5.75 Å². The van der Waals surface area contributed by atoms with E-state index in [-0.39, 0.29) is 24.6 Å². The van der Waals surface area contributed by atoms with Crippen molar-refractivity contribution in [3.05, 3.63) is 82.1 Å². The molecule has 0 aliphatic heterocycles. The van der Waals surface area contributed by atoms with E-state index in [1.54, 1.807) is 6.07 Å². The first-order chi connectivity index (χ1) is 13.5. The second-order valence-electron chi connectivity index (χ2n) is 6.51. The fourth-order valence-corrected chi connectivity index (χ4v) is 2.89. The molecule has 0 aliphatic carbocycles. The summed E-state index contributed by atoms with van der Waals surface area (Å²) in [7, 11) is 0. The zero-order chi connectivity index (χ0) is 19.9. The number of hydrogen-bond donors (Lipinski definition) is 1. The van der Waals surface area contributed by atoms with Crippen molar-refractivity contribution in [3.63, 3.8) is 0 Å². The van der Waals surface area contributed by atoms with Gasteiger partial charge >= 0.3 is 0 Å². The number of aromatic nitrogens is 2. The molecule has 3 rings (SSSR count). The number of rotatable bonds is 7. The smallest absolute Gasteiger partial charge is 0.266 e. The maximum Gasteiger partial charge on any atom is 0.266 e. The van der Waals surface area contributed by atoms with Crippen molar-refractivity contribution in [2.45, 2.75) is 20.4 Å². The summed E-state index contributed by atoms with van der Waals surface area (Å²) in [4.78, 5) is 24.1. The Kier molecular flexibility index (Phi) is 6.22. The third-order valence-corrected chi connectivity index (χ3v) is 4.34. The lowest BCUT2D eigenvalue weighted by Gasteiger charge is -2.12. The Hall–Kier alpha value is -3.41. The van der Waals surface area contributed by atoms with Gasteiger partial charge in [0.15, 0.2) is 6.61 Å². The van der Waals surface area contributed by atoms with Crippen molar-refractivity contribution >= 4 is 5.91 Å². The second-order valence-corrected chi connectivity index (χ2v) is 6.51. The third kappa shape index (κ3) is 4.85. The van der Waals surface area contributed by atoms with Crippen LogP contribution in [0.25, 0.3) is 11.3 Å². The standard InChI is InChI=1S/C22H23N3O3/c1-16-7-6-8-17(2)22(16)28-15-20(26)23-13-14-25-21(27)12-11-19(24-25)18-9-4-3-5-10-18/h3-12H,13-15H2,1-2H3,(H,23,26). The summed E-state index contributed by atoms with van der Waals surface area (Å²) < 4.78 is 6.99. The second kappa shape index (κ2) is 8.99. The number of amides is 1. The van der Waals surface area contributed by atoms with Crippen molar-refractivity contribution in [1.82, 2.24) is 15.1 Å². The van der Waals surface area contributed by atoms with Gasteiger partial charge in [-0.15, -0.1) is 0 Å². The van der Waals surface area contributed by atoms with E-state index in [0.29, 0.717) is 12.2 Å². The first-order valence-corrected chi connectivity index (χ1v) is 9.14. The normalized spacial score (nSPS) is 10.5. The fraction of sp³-hybridized carbons (Fsp3) is 0.227. The minimum Gasteiger partial charge on any atom is -0.483 e. The molecule has 0 unspecified atom stereocenters. The number of carbonyl (C=O) groups is 1. The molecular weight excluding hydrogens is 354 g/mol. The molecule has 0 aliphatic rings. The molecule has 0 bridgehead atoms. The van der Waals surface area contributed by atoms with Gasteiger partial charge in [-0.05, 0) is 31.0 Å². The molecule has 1 aromatic heterocycles. The third-order valence-electron chi connectivity index (χ3n) is 4.34. The Balaban J connectivity index is 1.55. The minimum atomic E-state index is -0.241. The average Bonchev–Trinajstić information content (AvgIpc) is 2.70. The molecule has 1 heterocycles. The highest BCUT2D eigenvalue weighted by Gasteiger charge is 2.08. The highest BCUT2D eigenvalue weighted by Crippen LogP contribution is 2.22. The monoisotopic (exact) mass is 377 g/mol. The summed E-state index contributed by atoms with van der Waals surface area (Å²) in [5.74, 6) is 0.487. The number of para-hydroxylation sites is 1. The van der Waals surface area contributed by atoms with Crippen LogP contribution in [0.1, 0.15) is 11.1 Å². The SMILES string of the molecule is Cc1cccc(C)c1OCC(=O)NCCn1nc(-c2ccccc2)ccc1=O. The lowest BCUT2D eigenvalue weighted by Crippen LogP contribution is -2.34. The summed E-state index contributed by atoms with van der Waals surface area (Å²) in [5, 5.41) is 7.14. The molecule has 0 saturated carbocycles. The van der Waals surface area contributed by atoms with Gasteiger partial charge in [0.2, 0.25) is 0 Å². The molecule has 0 spiro atoms. The maximum atomic E-state index is 12.1. The van der Waals surface area contributed by atoms with Crippen molar-refractivity contribution in [3.8, 4) is 17.0 Å². The topological polar surface area (TPSA) is 73.2 Å². The molecule has 2 aromatic carbocycles. The fourth-order valence-electron chi connectivity index (χ4n) is 2.89. The molecule has 0 fully saturated rings. The summed E-state index contributed by atoms with van der Waals surface area (Å²) in [5.41, 5.74) is 3.41. The van der Waals surface area contributed by atoms with E-state index in [9.17, 15) is 9.59 Å². The molecule has 0 radical (unpaired) electrons. The Labute approximate surface area is 163 Å². The predicted molar refractivity (Wildman–Crippen MR) is 108 cm³/mol. The van der Waals surface area contributed by atoms with Gasteiger partial charge in [0.05, 0.1) is 12.2 Å². The molecule has 144 valence electrons. The molecule has 1 amide bonds. The Morgan fingerprint density at radius 3 is 2.43 bits per heavy atom. The number of nitrogens with one attached hydrogen (secondary N) is 1. The first-order valence-electron chi connectivity index (χ1n) is 9.14. The Bertz CT molecular complexity index is 993. The van der Waals surface area contributed by atoms with Crippen molar-refractivity contribution in [2.75, 3.05) is 13.2 Å². The van der Waals surface area contributed by atoms with Crippen LogP contribution < -0.4 is 15.6 Å². The van der Waals surface area contributed by atoms with E-state index in [1.807, 2.05) is 62.4 Å². The van der Waals surface area contributed by atoms with Crippen molar-refractivity contribution < 1.29 is 9.53 Å². The largest absolute Gasteiger partial charge is 0.483 e. The average molecular weight is 377 g/mol. The molecule has 1 N–H and O–H groups in total. The number of ether oxygens (including phenoxy) is 1. The van der Waals surface area contributed by atoms with E-state index in [1.165, 1.54) is 10.7 Å². The molecule has 6 heteroatoms. The van der Waals surface area contributed by atoms with Gasteiger partial charge in [0, 0.05) is 18.2 Å². The van der Waals surface area contributed by atoms with E-state index >= 15 is 0 Å². The van der Waals surface area contributed by atoms with Crippen LogP contribution in [-0.2, 0) is 11.3 Å². The van der Waals surface area contributed by atoms with E-state index in [2.05, 4.69) is 10.4 Å². The number of nitrogens with zero attached hydrogens (tertiary/aromatic N) is 2. The van der Waals surface area contributed by atoms with Gasteiger partial charge in [-0.3, -0.25) is 9.59 Å². The molecule has 28 heavy (non-hydrogen) atoms. The Morgan fingerprint density at radius 2 is 1.71 bits per heavy atom. The first kappa shape index (κ1) is 19.4. The number of benzene rings is 2. The highest BCUT2D eigenvalue weighted by atomic mass is 16.5. The van der Waals surface area contributed by atoms with Gasteiger partial charge in [-0.25, -0.2) is 4.68 Å². The lowest BCUT2D eigenvalue weighted by atomic mass is 10.1. The number of hydrogen-bond acceptors (Lipinski definition) is 4. The molecule has 0 saturated heterocycles. The van der Waals surface area contributed by atoms with Crippen LogP contribution in [0.4, 0.5) is 0 Å². The zero-order valence-electron chi connectivity index (χ0n) is 16.0. The summed E-state index contributed by atoms with van der Waals surface area (Å²) in [6, 6.07) is 18.7. The summed E-state index contributed by atoms with van der Waals surface area (Å²) in [6.45, 7) is 4.39. The molecule has 6 nitrogen and oxygen atoms in total.